The van der Waals surface area contributed by atoms with E-state index in [2.05, 4.69) is 27.5 Å². The van der Waals surface area contributed by atoms with E-state index in [4.69, 9.17) is 5.73 Å². The molecule has 0 aliphatic rings. The van der Waals surface area contributed by atoms with Gasteiger partial charge in [-0.3, -0.25) is 0 Å². The Labute approximate surface area is 109 Å². The average molecular weight is 258 g/mol. The standard InChI is InChI=1S/C13H14N4S/c1-2-12-16-10-5-3-4-6-11(10)17(12)8-9-7-15-13(14)18-9/h3-7H,2,8H2,1H3,(H2,14,15). The van der Waals surface area contributed by atoms with Gasteiger partial charge in [0.1, 0.15) is 5.82 Å². The second-order valence-corrected chi connectivity index (χ2v) is 5.27. The zero-order valence-corrected chi connectivity index (χ0v) is 10.9. The van der Waals surface area contributed by atoms with Crippen molar-refractivity contribution in [1.29, 1.82) is 0 Å². The molecule has 0 spiro atoms. The number of imidazole rings is 1. The molecular formula is C13H14N4S. The monoisotopic (exact) mass is 258 g/mol. The average Bonchev–Trinajstić information content (AvgIpc) is 2.94. The lowest BCUT2D eigenvalue weighted by atomic mass is 10.3. The van der Waals surface area contributed by atoms with Gasteiger partial charge in [0.2, 0.25) is 0 Å². The summed E-state index contributed by atoms with van der Waals surface area (Å²) in [7, 11) is 0. The van der Waals surface area contributed by atoms with Gasteiger partial charge in [0.15, 0.2) is 5.13 Å². The Morgan fingerprint density at radius 3 is 2.89 bits per heavy atom. The van der Waals surface area contributed by atoms with E-state index in [0.717, 1.165) is 29.2 Å². The van der Waals surface area contributed by atoms with Crippen molar-refractivity contribution in [1.82, 2.24) is 14.5 Å². The van der Waals surface area contributed by atoms with Crippen LogP contribution in [-0.4, -0.2) is 14.5 Å². The van der Waals surface area contributed by atoms with Crippen LogP contribution in [0.5, 0.6) is 0 Å². The first-order chi connectivity index (χ1) is 8.78. The van der Waals surface area contributed by atoms with Gasteiger partial charge in [-0.15, -0.1) is 11.3 Å². The van der Waals surface area contributed by atoms with E-state index in [1.807, 2.05) is 24.4 Å². The highest BCUT2D eigenvalue weighted by molar-refractivity contribution is 7.15. The molecule has 4 nitrogen and oxygen atoms in total. The van der Waals surface area contributed by atoms with Crippen molar-refractivity contribution < 1.29 is 0 Å². The van der Waals surface area contributed by atoms with Crippen molar-refractivity contribution >= 4 is 27.5 Å². The van der Waals surface area contributed by atoms with Gasteiger partial charge in [0.25, 0.3) is 0 Å². The molecule has 2 heterocycles. The molecule has 0 saturated carbocycles. The summed E-state index contributed by atoms with van der Waals surface area (Å²) in [4.78, 5) is 9.90. The first-order valence-corrected chi connectivity index (χ1v) is 6.74. The number of hydrogen-bond acceptors (Lipinski definition) is 4. The minimum absolute atomic E-state index is 0.618. The van der Waals surface area contributed by atoms with Crippen LogP contribution in [0.2, 0.25) is 0 Å². The van der Waals surface area contributed by atoms with E-state index in [-0.39, 0.29) is 0 Å². The van der Waals surface area contributed by atoms with E-state index in [9.17, 15) is 0 Å². The summed E-state index contributed by atoms with van der Waals surface area (Å²) in [5.41, 5.74) is 7.89. The van der Waals surface area contributed by atoms with Crippen LogP contribution >= 0.6 is 11.3 Å². The molecule has 3 aromatic rings. The van der Waals surface area contributed by atoms with Gasteiger partial charge in [-0.25, -0.2) is 9.97 Å². The van der Waals surface area contributed by atoms with Gasteiger partial charge in [-0.2, -0.15) is 0 Å². The summed E-state index contributed by atoms with van der Waals surface area (Å²) in [5.74, 6) is 1.10. The molecule has 92 valence electrons. The van der Waals surface area contributed by atoms with Crippen molar-refractivity contribution in [3.8, 4) is 0 Å². The van der Waals surface area contributed by atoms with Crippen molar-refractivity contribution in [2.45, 2.75) is 19.9 Å². The third-order valence-corrected chi connectivity index (χ3v) is 3.75. The lowest BCUT2D eigenvalue weighted by Gasteiger charge is -2.05. The summed E-state index contributed by atoms with van der Waals surface area (Å²) in [6.45, 7) is 2.91. The van der Waals surface area contributed by atoms with E-state index in [1.54, 1.807) is 0 Å². The Hall–Kier alpha value is -1.88. The van der Waals surface area contributed by atoms with E-state index in [0.29, 0.717) is 5.13 Å². The highest BCUT2D eigenvalue weighted by Gasteiger charge is 2.10. The zero-order chi connectivity index (χ0) is 12.5. The van der Waals surface area contributed by atoms with Gasteiger partial charge in [0.05, 0.1) is 17.6 Å². The second kappa shape index (κ2) is 4.42. The van der Waals surface area contributed by atoms with Crippen LogP contribution in [0.1, 0.15) is 17.6 Å². The molecule has 0 fully saturated rings. The third kappa shape index (κ3) is 1.86. The smallest absolute Gasteiger partial charge is 0.180 e. The number of nitrogens with two attached hydrogens (primary N) is 1. The van der Waals surface area contributed by atoms with Crippen molar-refractivity contribution in [2.75, 3.05) is 5.73 Å². The van der Waals surface area contributed by atoms with Gasteiger partial charge in [-0.05, 0) is 12.1 Å². The molecule has 1 aromatic carbocycles. The molecule has 0 radical (unpaired) electrons. The summed E-state index contributed by atoms with van der Waals surface area (Å²) in [5, 5.41) is 0.618. The maximum Gasteiger partial charge on any atom is 0.180 e. The Bertz CT molecular complexity index is 683. The van der Waals surface area contributed by atoms with Crippen molar-refractivity contribution in [3.63, 3.8) is 0 Å². The molecule has 0 aliphatic carbocycles. The highest BCUT2D eigenvalue weighted by Crippen LogP contribution is 2.21. The number of aromatic nitrogens is 3. The van der Waals surface area contributed by atoms with Gasteiger partial charge in [-0.1, -0.05) is 19.1 Å². The fraction of sp³-hybridized carbons (Fsp3) is 0.231. The second-order valence-electron chi connectivity index (χ2n) is 4.12. The van der Waals surface area contributed by atoms with Crippen LogP contribution in [0.4, 0.5) is 5.13 Å². The number of para-hydroxylation sites is 2. The Balaban J connectivity index is 2.09. The summed E-state index contributed by atoms with van der Waals surface area (Å²) in [6.07, 6.45) is 2.76. The first-order valence-electron chi connectivity index (χ1n) is 5.92. The number of thiazole rings is 1. The third-order valence-electron chi connectivity index (χ3n) is 2.94. The molecule has 0 atom stereocenters. The predicted molar refractivity (Wildman–Crippen MR) is 74.7 cm³/mol. The first kappa shape index (κ1) is 11.2. The molecule has 5 heteroatoms. The minimum Gasteiger partial charge on any atom is -0.375 e. The normalized spacial score (nSPS) is 11.2. The number of aryl methyl sites for hydroxylation is 1. The Morgan fingerprint density at radius 2 is 2.17 bits per heavy atom. The Morgan fingerprint density at radius 1 is 1.33 bits per heavy atom. The van der Waals surface area contributed by atoms with E-state index in [1.165, 1.54) is 16.9 Å². The maximum absolute atomic E-state index is 5.67. The van der Waals surface area contributed by atoms with Crippen LogP contribution in [0, 0.1) is 0 Å². The van der Waals surface area contributed by atoms with Gasteiger partial charge in [0, 0.05) is 17.5 Å². The number of anilines is 1. The predicted octanol–water partition coefficient (Wildman–Crippen LogP) is 2.69. The molecule has 0 amide bonds. The molecule has 0 aliphatic heterocycles. The fourth-order valence-electron chi connectivity index (χ4n) is 2.12. The van der Waals surface area contributed by atoms with Crippen molar-refractivity contribution in [3.05, 3.63) is 41.2 Å². The molecule has 2 aromatic heterocycles. The van der Waals surface area contributed by atoms with E-state index >= 15 is 0 Å². The van der Waals surface area contributed by atoms with Crippen LogP contribution < -0.4 is 5.73 Å². The minimum atomic E-state index is 0.618. The molecule has 0 bridgehead atoms. The number of fused-ring (bicyclic) bond motifs is 1. The van der Waals surface area contributed by atoms with Crippen LogP contribution in [-0.2, 0) is 13.0 Å². The molecule has 18 heavy (non-hydrogen) atoms. The van der Waals surface area contributed by atoms with Crippen LogP contribution in [0.3, 0.4) is 0 Å². The number of nitrogens with zero attached hydrogens (tertiary/aromatic N) is 3. The quantitative estimate of drug-likeness (QED) is 0.785. The summed E-state index contributed by atoms with van der Waals surface area (Å²) in [6, 6.07) is 8.21. The zero-order valence-electron chi connectivity index (χ0n) is 10.1. The van der Waals surface area contributed by atoms with Crippen molar-refractivity contribution in [2.24, 2.45) is 0 Å². The highest BCUT2D eigenvalue weighted by atomic mass is 32.1. The SMILES string of the molecule is CCc1nc2ccccc2n1Cc1cnc(N)s1. The number of benzene rings is 1. The number of hydrogen-bond donors (Lipinski definition) is 1. The molecule has 2 N–H and O–H groups in total. The number of nitrogen functional groups attached to an aromatic ring is 1. The Kier molecular flexibility index (Phi) is 2.76. The number of rotatable bonds is 3. The van der Waals surface area contributed by atoms with Crippen LogP contribution in [0.15, 0.2) is 30.5 Å². The molecule has 0 saturated heterocycles. The van der Waals surface area contributed by atoms with Gasteiger partial charge < -0.3 is 10.3 Å². The lowest BCUT2D eigenvalue weighted by Crippen LogP contribution is -2.02. The molecule has 0 unspecified atom stereocenters. The topological polar surface area (TPSA) is 56.7 Å². The van der Waals surface area contributed by atoms with Crippen LogP contribution in [0.25, 0.3) is 11.0 Å². The molecular weight excluding hydrogens is 244 g/mol. The molecule has 3 rings (SSSR count). The summed E-state index contributed by atoms with van der Waals surface area (Å²) < 4.78 is 2.24. The summed E-state index contributed by atoms with van der Waals surface area (Å²) >= 11 is 1.53. The largest absolute Gasteiger partial charge is 0.375 e. The van der Waals surface area contributed by atoms with E-state index < -0.39 is 0 Å². The lowest BCUT2D eigenvalue weighted by molar-refractivity contribution is 0.760. The maximum atomic E-state index is 5.67. The fourth-order valence-corrected chi connectivity index (χ4v) is 2.80. The van der Waals surface area contributed by atoms with Gasteiger partial charge >= 0.3 is 0 Å².